The van der Waals surface area contributed by atoms with Crippen LogP contribution >= 0.6 is 0 Å². The average molecular weight is 402 g/mol. The second-order valence-corrected chi connectivity index (χ2v) is 10.9. The van der Waals surface area contributed by atoms with Crippen LogP contribution in [0.1, 0.15) is 103 Å². The SMILES string of the molecule is CS(=O)(=O)NC(=O)C1(CCCCCCCCCCCCC2(CO)CC2)CC1. The van der Waals surface area contributed by atoms with Crippen molar-refractivity contribution in [3.63, 3.8) is 0 Å². The molecule has 2 saturated carbocycles. The highest BCUT2D eigenvalue weighted by molar-refractivity contribution is 7.89. The number of nitrogens with one attached hydrogen (secondary N) is 1. The van der Waals surface area contributed by atoms with E-state index in [-0.39, 0.29) is 5.91 Å². The minimum absolute atomic E-state index is 0.295. The zero-order chi connectivity index (χ0) is 19.8. The lowest BCUT2D eigenvalue weighted by Gasteiger charge is -2.14. The molecule has 5 nitrogen and oxygen atoms in total. The van der Waals surface area contributed by atoms with Gasteiger partial charge in [-0.2, -0.15) is 0 Å². The number of rotatable bonds is 16. The van der Waals surface area contributed by atoms with E-state index in [1.54, 1.807) is 0 Å². The Bertz CT molecular complexity index is 565. The molecule has 2 rings (SSSR count). The van der Waals surface area contributed by atoms with Gasteiger partial charge < -0.3 is 5.11 Å². The average Bonchev–Trinajstić information content (AvgIpc) is 3.50. The minimum Gasteiger partial charge on any atom is -0.396 e. The molecule has 2 N–H and O–H groups in total. The molecule has 2 aliphatic carbocycles. The van der Waals surface area contributed by atoms with E-state index in [0.29, 0.717) is 12.0 Å². The van der Waals surface area contributed by atoms with Crippen LogP contribution in [0.2, 0.25) is 0 Å². The standard InChI is InChI=1S/C21H39NO4S/c1-27(25,26)22-19(24)21(16-17-21)13-11-9-7-5-3-2-4-6-8-10-12-20(18-23)14-15-20/h23H,2-18H2,1H3,(H,22,24). The highest BCUT2D eigenvalue weighted by Gasteiger charge is 2.49. The molecule has 0 radical (unpaired) electrons. The predicted molar refractivity (Wildman–Crippen MR) is 109 cm³/mol. The van der Waals surface area contributed by atoms with Crippen LogP contribution in [0.5, 0.6) is 0 Å². The number of carbonyl (C=O) groups excluding carboxylic acids is 1. The minimum atomic E-state index is -3.44. The highest BCUT2D eigenvalue weighted by Crippen LogP contribution is 2.50. The van der Waals surface area contributed by atoms with Gasteiger partial charge in [-0.25, -0.2) is 8.42 Å². The normalized spacial score (nSPS) is 19.6. The summed E-state index contributed by atoms with van der Waals surface area (Å²) in [7, 11) is -3.44. The number of hydrogen-bond donors (Lipinski definition) is 2. The zero-order valence-corrected chi connectivity index (χ0v) is 17.9. The van der Waals surface area contributed by atoms with Crippen LogP contribution in [0.25, 0.3) is 0 Å². The Labute approximate surface area is 165 Å². The maximum atomic E-state index is 12.0. The first-order valence-electron chi connectivity index (χ1n) is 10.9. The molecule has 0 aromatic rings. The third-order valence-electron chi connectivity index (χ3n) is 6.52. The number of carbonyl (C=O) groups is 1. The summed E-state index contributed by atoms with van der Waals surface area (Å²) in [5, 5.41) is 9.29. The van der Waals surface area contributed by atoms with Gasteiger partial charge in [-0.15, -0.1) is 0 Å². The maximum absolute atomic E-state index is 12.0. The van der Waals surface area contributed by atoms with Crippen molar-refractivity contribution in [2.75, 3.05) is 12.9 Å². The van der Waals surface area contributed by atoms with Gasteiger partial charge in [-0.1, -0.05) is 64.2 Å². The number of hydrogen-bond acceptors (Lipinski definition) is 4. The number of unbranched alkanes of at least 4 members (excludes halogenated alkanes) is 9. The fourth-order valence-electron chi connectivity index (χ4n) is 4.06. The van der Waals surface area contributed by atoms with Gasteiger partial charge in [0.1, 0.15) is 0 Å². The molecule has 0 aromatic heterocycles. The van der Waals surface area contributed by atoms with Gasteiger partial charge >= 0.3 is 0 Å². The summed E-state index contributed by atoms with van der Waals surface area (Å²) < 4.78 is 24.5. The number of aliphatic hydroxyl groups excluding tert-OH is 1. The van der Waals surface area contributed by atoms with E-state index in [0.717, 1.165) is 38.4 Å². The van der Waals surface area contributed by atoms with Gasteiger partial charge in [0.15, 0.2) is 0 Å². The Hall–Kier alpha value is -0.620. The monoisotopic (exact) mass is 401 g/mol. The Balaban J connectivity index is 1.37. The molecule has 158 valence electrons. The molecular formula is C21H39NO4S. The summed E-state index contributed by atoms with van der Waals surface area (Å²) in [6, 6.07) is 0. The Morgan fingerprint density at radius 1 is 0.815 bits per heavy atom. The number of aliphatic hydroxyl groups is 1. The molecule has 0 aromatic carbocycles. The second-order valence-electron chi connectivity index (χ2n) is 9.18. The van der Waals surface area contributed by atoms with E-state index in [4.69, 9.17) is 0 Å². The van der Waals surface area contributed by atoms with Crippen molar-refractivity contribution in [1.82, 2.24) is 4.72 Å². The number of sulfonamides is 1. The third-order valence-corrected chi connectivity index (χ3v) is 7.07. The van der Waals surface area contributed by atoms with Gasteiger partial charge in [0, 0.05) is 6.61 Å². The second kappa shape index (κ2) is 10.2. The Morgan fingerprint density at radius 2 is 1.26 bits per heavy atom. The van der Waals surface area contributed by atoms with E-state index in [2.05, 4.69) is 4.72 Å². The first kappa shape index (κ1) is 22.7. The fourth-order valence-corrected chi connectivity index (χ4v) is 4.61. The van der Waals surface area contributed by atoms with E-state index in [1.807, 2.05) is 0 Å². The van der Waals surface area contributed by atoms with Crippen molar-refractivity contribution in [3.05, 3.63) is 0 Å². The molecule has 0 heterocycles. The first-order chi connectivity index (χ1) is 12.8. The summed E-state index contributed by atoms with van der Waals surface area (Å²) in [5.41, 5.74) is -0.0668. The van der Waals surface area contributed by atoms with Crippen molar-refractivity contribution in [2.24, 2.45) is 10.8 Å². The molecule has 2 aliphatic rings. The largest absolute Gasteiger partial charge is 0.396 e. The summed E-state index contributed by atoms with van der Waals surface area (Å²) in [6.07, 6.45) is 19.6. The molecule has 0 aliphatic heterocycles. The molecule has 1 amide bonds. The van der Waals surface area contributed by atoms with Crippen molar-refractivity contribution in [2.45, 2.75) is 103 Å². The van der Waals surface area contributed by atoms with Gasteiger partial charge in [0.05, 0.1) is 11.7 Å². The van der Waals surface area contributed by atoms with Gasteiger partial charge in [-0.05, 0) is 43.9 Å². The molecule has 2 fully saturated rings. The fraction of sp³-hybridized carbons (Fsp3) is 0.952. The molecule has 0 saturated heterocycles. The Morgan fingerprint density at radius 3 is 1.63 bits per heavy atom. The van der Waals surface area contributed by atoms with Crippen LogP contribution in [-0.2, 0) is 14.8 Å². The summed E-state index contributed by atoms with van der Waals surface area (Å²) in [6.45, 7) is 0.385. The van der Waals surface area contributed by atoms with Crippen LogP contribution in [0.15, 0.2) is 0 Å². The zero-order valence-electron chi connectivity index (χ0n) is 17.1. The van der Waals surface area contributed by atoms with E-state index in [9.17, 15) is 18.3 Å². The van der Waals surface area contributed by atoms with Crippen LogP contribution in [0.3, 0.4) is 0 Å². The molecule has 27 heavy (non-hydrogen) atoms. The maximum Gasteiger partial charge on any atom is 0.239 e. The number of amides is 1. The molecule has 0 spiro atoms. The van der Waals surface area contributed by atoms with Crippen LogP contribution in [-0.4, -0.2) is 32.3 Å². The van der Waals surface area contributed by atoms with Crippen LogP contribution < -0.4 is 4.72 Å². The summed E-state index contributed by atoms with van der Waals surface area (Å²) >= 11 is 0. The van der Waals surface area contributed by atoms with Gasteiger partial charge in [-0.3, -0.25) is 9.52 Å². The topological polar surface area (TPSA) is 83.5 Å². The van der Waals surface area contributed by atoms with Crippen molar-refractivity contribution in [3.8, 4) is 0 Å². The smallest absolute Gasteiger partial charge is 0.239 e. The molecular weight excluding hydrogens is 362 g/mol. The molecule has 0 atom stereocenters. The molecule has 6 heteroatoms. The van der Waals surface area contributed by atoms with Gasteiger partial charge in [0.2, 0.25) is 15.9 Å². The first-order valence-corrected chi connectivity index (χ1v) is 12.8. The van der Waals surface area contributed by atoms with E-state index >= 15 is 0 Å². The lowest BCUT2D eigenvalue weighted by molar-refractivity contribution is -0.124. The van der Waals surface area contributed by atoms with Crippen LogP contribution in [0, 0.1) is 10.8 Å². The third kappa shape index (κ3) is 8.51. The highest BCUT2D eigenvalue weighted by atomic mass is 32.2. The molecule has 0 unspecified atom stereocenters. The molecule has 0 bridgehead atoms. The predicted octanol–water partition coefficient (Wildman–Crippen LogP) is 4.30. The quantitative estimate of drug-likeness (QED) is 0.378. The van der Waals surface area contributed by atoms with E-state index < -0.39 is 15.4 Å². The van der Waals surface area contributed by atoms with Crippen molar-refractivity contribution < 1.29 is 18.3 Å². The lowest BCUT2D eigenvalue weighted by atomic mass is 9.96. The summed E-state index contributed by atoms with van der Waals surface area (Å²) in [5.74, 6) is -0.295. The summed E-state index contributed by atoms with van der Waals surface area (Å²) in [4.78, 5) is 12.0. The Kier molecular flexibility index (Phi) is 8.60. The van der Waals surface area contributed by atoms with Gasteiger partial charge in [0.25, 0.3) is 0 Å². The van der Waals surface area contributed by atoms with Crippen molar-refractivity contribution in [1.29, 1.82) is 0 Å². The van der Waals surface area contributed by atoms with Crippen LogP contribution in [0.4, 0.5) is 0 Å². The lowest BCUT2D eigenvalue weighted by Crippen LogP contribution is -2.36. The van der Waals surface area contributed by atoms with E-state index in [1.165, 1.54) is 70.6 Å². The van der Waals surface area contributed by atoms with Crippen molar-refractivity contribution >= 4 is 15.9 Å².